The summed E-state index contributed by atoms with van der Waals surface area (Å²) in [7, 11) is 0. The summed E-state index contributed by atoms with van der Waals surface area (Å²) in [6.07, 6.45) is 0.880. The van der Waals surface area contributed by atoms with Gasteiger partial charge in [-0.15, -0.1) is 0 Å². The van der Waals surface area contributed by atoms with Gasteiger partial charge in [-0.1, -0.05) is 30.3 Å². The fourth-order valence-electron chi connectivity index (χ4n) is 2.77. The summed E-state index contributed by atoms with van der Waals surface area (Å²) in [6, 6.07) is 8.24. The zero-order valence-corrected chi connectivity index (χ0v) is 14.5. The van der Waals surface area contributed by atoms with Crippen LogP contribution in [0, 0.1) is 0 Å². The van der Waals surface area contributed by atoms with Gasteiger partial charge in [-0.2, -0.15) is 0 Å². The molecule has 0 aromatic heterocycles. The van der Waals surface area contributed by atoms with Gasteiger partial charge in [-0.05, 0) is 39.2 Å². The van der Waals surface area contributed by atoms with Crippen LogP contribution in [0.1, 0.15) is 45.2 Å². The van der Waals surface area contributed by atoms with Gasteiger partial charge in [-0.25, -0.2) is 4.79 Å². The second kappa shape index (κ2) is 7.66. The SMILES string of the molecule is CC(C)(C)OC(=O)N1CCC[C@H]1C(=O)N[C@H](CO)c1ccccc1. The number of carbonyl (C=O) groups is 2. The number of amides is 2. The Hall–Kier alpha value is -2.08. The number of nitrogens with one attached hydrogen (secondary N) is 1. The van der Waals surface area contributed by atoms with Gasteiger partial charge in [0.25, 0.3) is 0 Å². The first-order valence-electron chi connectivity index (χ1n) is 8.27. The lowest BCUT2D eigenvalue weighted by Gasteiger charge is -2.29. The van der Waals surface area contributed by atoms with E-state index in [0.717, 1.165) is 12.0 Å². The van der Waals surface area contributed by atoms with Crippen LogP contribution in [-0.2, 0) is 9.53 Å². The highest BCUT2D eigenvalue weighted by atomic mass is 16.6. The quantitative estimate of drug-likeness (QED) is 0.885. The number of aliphatic hydroxyl groups excluding tert-OH is 1. The molecule has 1 heterocycles. The van der Waals surface area contributed by atoms with Crippen LogP contribution < -0.4 is 5.32 Å². The Morgan fingerprint density at radius 1 is 1.33 bits per heavy atom. The Morgan fingerprint density at radius 3 is 2.58 bits per heavy atom. The van der Waals surface area contributed by atoms with Gasteiger partial charge in [0.1, 0.15) is 11.6 Å². The van der Waals surface area contributed by atoms with E-state index in [4.69, 9.17) is 4.74 Å². The molecule has 1 aromatic carbocycles. The lowest BCUT2D eigenvalue weighted by atomic mass is 10.1. The lowest BCUT2D eigenvalue weighted by Crippen LogP contribution is -2.48. The molecule has 1 aromatic rings. The van der Waals surface area contributed by atoms with Gasteiger partial charge < -0.3 is 15.2 Å². The van der Waals surface area contributed by atoms with Crippen molar-refractivity contribution in [2.45, 2.75) is 51.3 Å². The van der Waals surface area contributed by atoms with Crippen LogP contribution in [0.5, 0.6) is 0 Å². The van der Waals surface area contributed by atoms with Crippen LogP contribution in [0.3, 0.4) is 0 Å². The molecule has 0 saturated carbocycles. The summed E-state index contributed by atoms with van der Waals surface area (Å²) in [5.41, 5.74) is 0.230. The van der Waals surface area contributed by atoms with E-state index in [1.165, 1.54) is 4.90 Å². The molecule has 0 bridgehead atoms. The normalized spacial score (nSPS) is 19.0. The van der Waals surface area contributed by atoms with Crippen LogP contribution in [-0.4, -0.2) is 46.8 Å². The second-order valence-corrected chi connectivity index (χ2v) is 6.99. The molecule has 1 aliphatic rings. The number of aliphatic hydroxyl groups is 1. The molecule has 1 fully saturated rings. The van der Waals surface area contributed by atoms with Gasteiger partial charge in [0.05, 0.1) is 12.6 Å². The van der Waals surface area contributed by atoms with Crippen molar-refractivity contribution in [3.05, 3.63) is 35.9 Å². The Labute approximate surface area is 142 Å². The molecule has 132 valence electrons. The van der Waals surface area contributed by atoms with Crippen molar-refractivity contribution in [2.75, 3.05) is 13.2 Å². The first-order valence-corrected chi connectivity index (χ1v) is 8.27. The van der Waals surface area contributed by atoms with Crippen molar-refractivity contribution in [1.29, 1.82) is 0 Å². The van der Waals surface area contributed by atoms with E-state index in [0.29, 0.717) is 13.0 Å². The maximum atomic E-state index is 12.6. The number of ether oxygens (including phenoxy) is 1. The van der Waals surface area contributed by atoms with Crippen molar-refractivity contribution in [3.63, 3.8) is 0 Å². The van der Waals surface area contributed by atoms with Crippen molar-refractivity contribution in [1.82, 2.24) is 10.2 Å². The molecule has 2 amide bonds. The summed E-state index contributed by atoms with van der Waals surface area (Å²) in [5.74, 6) is -0.263. The van der Waals surface area contributed by atoms with E-state index < -0.39 is 23.8 Å². The largest absolute Gasteiger partial charge is 0.444 e. The number of rotatable bonds is 4. The number of hydrogen-bond acceptors (Lipinski definition) is 4. The third kappa shape index (κ3) is 4.71. The molecule has 0 unspecified atom stereocenters. The predicted molar refractivity (Wildman–Crippen MR) is 90.4 cm³/mol. The van der Waals surface area contributed by atoms with Crippen molar-refractivity contribution in [2.24, 2.45) is 0 Å². The summed E-state index contributed by atoms with van der Waals surface area (Å²) in [5, 5.41) is 12.4. The Kier molecular flexibility index (Phi) is 5.83. The number of benzene rings is 1. The maximum Gasteiger partial charge on any atom is 0.410 e. The van der Waals surface area contributed by atoms with E-state index in [9.17, 15) is 14.7 Å². The minimum atomic E-state index is -0.599. The van der Waals surface area contributed by atoms with Crippen LogP contribution in [0.4, 0.5) is 4.79 Å². The van der Waals surface area contributed by atoms with Crippen LogP contribution in [0.15, 0.2) is 30.3 Å². The molecule has 2 N–H and O–H groups in total. The van der Waals surface area contributed by atoms with Crippen LogP contribution in [0.25, 0.3) is 0 Å². The minimum absolute atomic E-state index is 0.199. The molecule has 6 heteroatoms. The topological polar surface area (TPSA) is 78.9 Å². The molecule has 0 spiro atoms. The highest BCUT2D eigenvalue weighted by Gasteiger charge is 2.37. The number of likely N-dealkylation sites (tertiary alicyclic amines) is 1. The molecule has 6 nitrogen and oxygen atoms in total. The Morgan fingerprint density at radius 2 is 2.00 bits per heavy atom. The first kappa shape index (κ1) is 18.3. The lowest BCUT2D eigenvalue weighted by molar-refractivity contribution is -0.126. The summed E-state index contributed by atoms with van der Waals surface area (Å²) in [4.78, 5) is 26.3. The molecule has 2 atom stereocenters. The van der Waals surface area contributed by atoms with E-state index in [-0.39, 0.29) is 12.5 Å². The van der Waals surface area contributed by atoms with E-state index in [1.54, 1.807) is 20.8 Å². The Balaban J connectivity index is 2.03. The average molecular weight is 334 g/mol. The van der Waals surface area contributed by atoms with Crippen molar-refractivity contribution >= 4 is 12.0 Å². The fourth-order valence-corrected chi connectivity index (χ4v) is 2.77. The number of carbonyl (C=O) groups excluding carboxylic acids is 2. The van der Waals surface area contributed by atoms with Crippen molar-refractivity contribution in [3.8, 4) is 0 Å². The Bertz CT molecular complexity index is 568. The zero-order valence-electron chi connectivity index (χ0n) is 14.5. The molecule has 2 rings (SSSR count). The van der Waals surface area contributed by atoms with E-state index in [2.05, 4.69) is 5.32 Å². The minimum Gasteiger partial charge on any atom is -0.444 e. The maximum absolute atomic E-state index is 12.6. The van der Waals surface area contributed by atoms with Crippen LogP contribution in [0.2, 0.25) is 0 Å². The average Bonchev–Trinajstić information content (AvgIpc) is 3.01. The van der Waals surface area contributed by atoms with Gasteiger partial charge >= 0.3 is 6.09 Å². The van der Waals surface area contributed by atoms with Gasteiger partial charge in [0.15, 0.2) is 0 Å². The monoisotopic (exact) mass is 334 g/mol. The molecule has 24 heavy (non-hydrogen) atoms. The number of hydrogen-bond donors (Lipinski definition) is 2. The summed E-state index contributed by atoms with van der Waals surface area (Å²) >= 11 is 0. The number of nitrogens with zero attached hydrogens (tertiary/aromatic N) is 1. The molecular formula is C18H26N2O4. The predicted octanol–water partition coefficient (Wildman–Crippen LogP) is 2.24. The molecule has 0 aliphatic carbocycles. The van der Waals surface area contributed by atoms with E-state index >= 15 is 0 Å². The summed E-state index contributed by atoms with van der Waals surface area (Å²) in [6.45, 7) is 5.70. The highest BCUT2D eigenvalue weighted by molar-refractivity contribution is 5.86. The third-order valence-electron chi connectivity index (χ3n) is 3.88. The third-order valence-corrected chi connectivity index (χ3v) is 3.88. The standard InChI is InChI=1S/C18H26N2O4/c1-18(2,3)24-17(23)20-11-7-10-15(20)16(22)19-14(12-21)13-8-5-4-6-9-13/h4-6,8-9,14-15,21H,7,10-12H2,1-3H3,(H,19,22)/t14-,15+/m1/s1. The van der Waals surface area contributed by atoms with Gasteiger partial charge in [-0.3, -0.25) is 9.69 Å². The fraction of sp³-hybridized carbons (Fsp3) is 0.556. The van der Waals surface area contributed by atoms with Crippen molar-refractivity contribution < 1.29 is 19.4 Å². The summed E-state index contributed by atoms with van der Waals surface area (Å²) < 4.78 is 5.38. The molecule has 0 radical (unpaired) electrons. The van der Waals surface area contributed by atoms with Gasteiger partial charge in [0.2, 0.25) is 5.91 Å². The highest BCUT2D eigenvalue weighted by Crippen LogP contribution is 2.22. The van der Waals surface area contributed by atoms with Crippen LogP contribution >= 0.6 is 0 Å². The zero-order chi connectivity index (χ0) is 17.7. The van der Waals surface area contributed by atoms with Gasteiger partial charge in [0, 0.05) is 6.54 Å². The smallest absolute Gasteiger partial charge is 0.410 e. The second-order valence-electron chi connectivity index (χ2n) is 6.99. The molecule has 1 saturated heterocycles. The molecule has 1 aliphatic heterocycles. The molecular weight excluding hydrogens is 308 g/mol. The first-order chi connectivity index (χ1) is 11.3. The van der Waals surface area contributed by atoms with E-state index in [1.807, 2.05) is 30.3 Å².